The van der Waals surface area contributed by atoms with Gasteiger partial charge in [-0.05, 0) is 31.9 Å². The summed E-state index contributed by atoms with van der Waals surface area (Å²) < 4.78 is 18.5. The Kier molecular flexibility index (Phi) is 3.98. The summed E-state index contributed by atoms with van der Waals surface area (Å²) in [6.07, 6.45) is -0.375. The lowest BCUT2D eigenvalue weighted by Gasteiger charge is -2.39. The van der Waals surface area contributed by atoms with Crippen molar-refractivity contribution >= 4 is 5.78 Å². The normalized spacial score (nSPS) is 26.9. The van der Waals surface area contributed by atoms with E-state index in [0.717, 1.165) is 11.1 Å². The highest BCUT2D eigenvalue weighted by Crippen LogP contribution is 2.55. The first-order valence-electron chi connectivity index (χ1n) is 8.94. The molecule has 1 saturated heterocycles. The first-order valence-corrected chi connectivity index (χ1v) is 8.94. The van der Waals surface area contributed by atoms with E-state index in [2.05, 4.69) is 0 Å². The maximum absolute atomic E-state index is 12.8. The van der Waals surface area contributed by atoms with Gasteiger partial charge in [0.2, 0.25) is 5.78 Å². The van der Waals surface area contributed by atoms with Gasteiger partial charge in [0, 0.05) is 5.57 Å². The number of rotatable bonds is 4. The fraction of sp³-hybridized carbons (Fsp3) is 0.318. The Morgan fingerprint density at radius 3 is 2.04 bits per heavy atom. The second-order valence-electron chi connectivity index (χ2n) is 6.66. The van der Waals surface area contributed by atoms with E-state index in [0.29, 0.717) is 17.9 Å². The summed E-state index contributed by atoms with van der Waals surface area (Å²) in [5.74, 6) is -1.13. The fourth-order valence-electron chi connectivity index (χ4n) is 3.98. The van der Waals surface area contributed by atoms with E-state index in [-0.39, 0.29) is 11.9 Å². The van der Waals surface area contributed by atoms with E-state index in [1.54, 1.807) is 6.92 Å². The number of carbonyl (C=O) groups is 1. The summed E-state index contributed by atoms with van der Waals surface area (Å²) in [7, 11) is 0. The third kappa shape index (κ3) is 2.12. The lowest BCUT2D eigenvalue weighted by Crippen LogP contribution is -2.53. The Labute approximate surface area is 153 Å². The van der Waals surface area contributed by atoms with Crippen LogP contribution < -0.4 is 0 Å². The average molecular weight is 350 g/mol. The predicted molar refractivity (Wildman–Crippen MR) is 97.4 cm³/mol. The highest BCUT2D eigenvalue weighted by Gasteiger charge is 2.68. The minimum atomic E-state index is -1.45. The summed E-state index contributed by atoms with van der Waals surface area (Å²) in [6, 6.07) is 19.8. The van der Waals surface area contributed by atoms with Gasteiger partial charge in [-0.25, -0.2) is 0 Å². The van der Waals surface area contributed by atoms with Crippen molar-refractivity contribution in [3.8, 4) is 0 Å². The number of Topliss-reactive ketones (excluding diaryl/α,β-unsaturated/α-hetero) is 1. The van der Waals surface area contributed by atoms with Gasteiger partial charge in [-0.15, -0.1) is 0 Å². The highest BCUT2D eigenvalue weighted by molar-refractivity contribution is 6.10. The van der Waals surface area contributed by atoms with Gasteiger partial charge >= 0.3 is 0 Å². The van der Waals surface area contributed by atoms with Crippen molar-refractivity contribution in [2.75, 3.05) is 6.61 Å². The van der Waals surface area contributed by atoms with Crippen LogP contribution in [0.4, 0.5) is 0 Å². The van der Waals surface area contributed by atoms with Gasteiger partial charge in [0.05, 0.1) is 12.7 Å². The van der Waals surface area contributed by atoms with Crippen LogP contribution in [-0.4, -0.2) is 24.3 Å². The Balaban J connectivity index is 1.88. The van der Waals surface area contributed by atoms with E-state index in [9.17, 15) is 4.79 Å². The first-order chi connectivity index (χ1) is 12.6. The van der Waals surface area contributed by atoms with Gasteiger partial charge in [-0.1, -0.05) is 60.7 Å². The summed E-state index contributed by atoms with van der Waals surface area (Å²) in [5, 5.41) is 0. The Morgan fingerprint density at radius 2 is 1.54 bits per heavy atom. The van der Waals surface area contributed by atoms with Gasteiger partial charge < -0.3 is 14.2 Å². The van der Waals surface area contributed by atoms with Crippen LogP contribution >= 0.6 is 0 Å². The molecule has 2 atom stereocenters. The number of hydrogen-bond donors (Lipinski definition) is 0. The molecule has 0 bridgehead atoms. The SMILES string of the molecule is CCOC1=C(C)C(=O)[C@]12O[C@@H](C)C(c1ccccc1)(c1ccccc1)O2. The molecular weight excluding hydrogens is 328 g/mol. The monoisotopic (exact) mass is 350 g/mol. The van der Waals surface area contributed by atoms with Gasteiger partial charge in [0.15, 0.2) is 5.76 Å². The molecule has 2 aromatic rings. The largest absolute Gasteiger partial charge is 0.492 e. The molecule has 1 aliphatic heterocycles. The molecule has 0 aromatic heterocycles. The Morgan fingerprint density at radius 1 is 1.00 bits per heavy atom. The van der Waals surface area contributed by atoms with Crippen molar-refractivity contribution in [1.82, 2.24) is 0 Å². The topological polar surface area (TPSA) is 44.8 Å². The van der Waals surface area contributed by atoms with Crippen LogP contribution in [0.5, 0.6) is 0 Å². The number of hydrogen-bond acceptors (Lipinski definition) is 4. The van der Waals surface area contributed by atoms with E-state index in [1.807, 2.05) is 74.5 Å². The van der Waals surface area contributed by atoms with Gasteiger partial charge in [-0.3, -0.25) is 4.79 Å². The third-order valence-electron chi connectivity index (χ3n) is 5.19. The van der Waals surface area contributed by atoms with Crippen molar-refractivity contribution in [3.63, 3.8) is 0 Å². The van der Waals surface area contributed by atoms with Crippen molar-refractivity contribution < 1.29 is 19.0 Å². The molecule has 1 fully saturated rings. The molecular formula is C22H22O4. The number of carbonyl (C=O) groups excluding carboxylic acids is 1. The minimum Gasteiger partial charge on any atom is -0.492 e. The standard InChI is InChI=1S/C22H22O4/c1-4-24-20-15(2)19(23)22(20)25-16(3)21(26-22,17-11-7-5-8-12-17)18-13-9-6-10-14-18/h5-14,16H,4H2,1-3H3/t16-,22+/m0/s1. The van der Waals surface area contributed by atoms with E-state index < -0.39 is 11.4 Å². The van der Waals surface area contributed by atoms with Crippen LogP contribution in [0.15, 0.2) is 72.0 Å². The third-order valence-corrected chi connectivity index (χ3v) is 5.19. The van der Waals surface area contributed by atoms with Crippen molar-refractivity contribution in [1.29, 1.82) is 0 Å². The smallest absolute Gasteiger partial charge is 0.295 e. The van der Waals surface area contributed by atoms with Crippen LogP contribution in [0.25, 0.3) is 0 Å². The average Bonchev–Trinajstić information content (AvgIpc) is 3.03. The second kappa shape index (κ2) is 6.08. The van der Waals surface area contributed by atoms with E-state index in [1.165, 1.54) is 0 Å². The molecule has 26 heavy (non-hydrogen) atoms. The molecule has 1 spiro atoms. The maximum Gasteiger partial charge on any atom is 0.295 e. The van der Waals surface area contributed by atoms with Crippen LogP contribution in [0, 0.1) is 0 Å². The van der Waals surface area contributed by atoms with Crippen LogP contribution in [-0.2, 0) is 24.6 Å². The van der Waals surface area contributed by atoms with E-state index >= 15 is 0 Å². The zero-order valence-corrected chi connectivity index (χ0v) is 15.2. The van der Waals surface area contributed by atoms with Crippen LogP contribution in [0.1, 0.15) is 31.9 Å². The zero-order chi connectivity index (χ0) is 18.4. The Bertz CT molecular complexity index is 817. The number of ether oxygens (including phenoxy) is 3. The van der Waals surface area contributed by atoms with Gasteiger partial charge in [-0.2, -0.15) is 0 Å². The van der Waals surface area contributed by atoms with Crippen molar-refractivity contribution in [2.45, 2.75) is 38.3 Å². The fourth-order valence-corrected chi connectivity index (χ4v) is 3.98. The lowest BCUT2D eigenvalue weighted by atomic mass is 9.82. The Hall–Kier alpha value is -2.43. The van der Waals surface area contributed by atoms with Gasteiger partial charge in [0.25, 0.3) is 5.79 Å². The first kappa shape index (κ1) is 17.0. The summed E-state index contributed by atoms with van der Waals surface area (Å²) in [5.41, 5.74) is 1.57. The number of ketones is 1. The molecule has 0 saturated carbocycles. The summed E-state index contributed by atoms with van der Waals surface area (Å²) in [6.45, 7) is 6.03. The van der Waals surface area contributed by atoms with E-state index in [4.69, 9.17) is 14.2 Å². The molecule has 4 heteroatoms. The number of benzene rings is 2. The molecule has 2 aromatic carbocycles. The molecule has 4 rings (SSSR count). The minimum absolute atomic E-state index is 0.165. The molecule has 4 nitrogen and oxygen atoms in total. The molecule has 1 aliphatic carbocycles. The molecule has 1 heterocycles. The maximum atomic E-state index is 12.8. The molecule has 134 valence electrons. The molecule has 2 aliphatic rings. The highest BCUT2D eigenvalue weighted by atomic mass is 16.8. The van der Waals surface area contributed by atoms with Crippen LogP contribution in [0.2, 0.25) is 0 Å². The van der Waals surface area contributed by atoms with Gasteiger partial charge in [0.1, 0.15) is 5.60 Å². The quantitative estimate of drug-likeness (QED) is 0.837. The predicted octanol–water partition coefficient (Wildman–Crippen LogP) is 3.96. The molecule has 0 amide bonds. The molecule has 0 N–H and O–H groups in total. The molecule has 0 radical (unpaired) electrons. The summed E-state index contributed by atoms with van der Waals surface area (Å²) in [4.78, 5) is 12.8. The molecule has 0 unspecified atom stereocenters. The summed E-state index contributed by atoms with van der Waals surface area (Å²) >= 11 is 0. The van der Waals surface area contributed by atoms with Crippen LogP contribution in [0.3, 0.4) is 0 Å². The van der Waals surface area contributed by atoms with Crippen molar-refractivity contribution in [2.24, 2.45) is 0 Å². The zero-order valence-electron chi connectivity index (χ0n) is 15.2. The van der Waals surface area contributed by atoms with Crippen molar-refractivity contribution in [3.05, 3.63) is 83.1 Å². The second-order valence-corrected chi connectivity index (χ2v) is 6.66. The lowest BCUT2D eigenvalue weighted by molar-refractivity contribution is -0.201.